The minimum atomic E-state index is 0.945. The number of hydrogen-bond donors (Lipinski definition) is 0. The van der Waals surface area contributed by atoms with Crippen molar-refractivity contribution in [1.82, 2.24) is 0 Å². The van der Waals surface area contributed by atoms with Crippen LogP contribution < -0.4 is 9.64 Å². The molecule has 4 rings (SSSR count). The highest BCUT2D eigenvalue weighted by atomic mass is 16.5. The van der Waals surface area contributed by atoms with Gasteiger partial charge in [-0.05, 0) is 48.9 Å². The maximum atomic E-state index is 5.17. The van der Waals surface area contributed by atoms with E-state index in [4.69, 9.17) is 4.74 Å². The van der Waals surface area contributed by atoms with E-state index in [0.717, 1.165) is 17.6 Å². The van der Waals surface area contributed by atoms with Crippen LogP contribution in [0.2, 0.25) is 0 Å². The Morgan fingerprint density at radius 1 is 1.07 bits per heavy atom. The SMILES string of the molecule is COc1ccc(N2CC3CC(C3)C2)cc1. The molecule has 2 nitrogen and oxygen atoms in total. The van der Waals surface area contributed by atoms with Crippen molar-refractivity contribution in [2.75, 3.05) is 25.1 Å². The topological polar surface area (TPSA) is 12.5 Å². The number of rotatable bonds is 2. The van der Waals surface area contributed by atoms with E-state index in [-0.39, 0.29) is 0 Å². The van der Waals surface area contributed by atoms with Crippen LogP contribution in [0, 0.1) is 11.8 Å². The Kier molecular flexibility index (Phi) is 2.08. The van der Waals surface area contributed by atoms with Crippen molar-refractivity contribution >= 4 is 5.69 Å². The number of fused-ring (bicyclic) bond motifs is 2. The van der Waals surface area contributed by atoms with Crippen molar-refractivity contribution in [3.63, 3.8) is 0 Å². The van der Waals surface area contributed by atoms with Crippen LogP contribution in [-0.2, 0) is 0 Å². The number of nitrogens with zero attached hydrogens (tertiary/aromatic N) is 1. The van der Waals surface area contributed by atoms with Crippen LogP contribution in [0.15, 0.2) is 24.3 Å². The molecule has 0 spiro atoms. The third-order valence-electron chi connectivity index (χ3n) is 3.73. The van der Waals surface area contributed by atoms with Crippen LogP contribution in [0.1, 0.15) is 12.8 Å². The lowest BCUT2D eigenvalue weighted by atomic mass is 9.71. The van der Waals surface area contributed by atoms with Crippen LogP contribution in [0.4, 0.5) is 5.69 Å². The van der Waals surface area contributed by atoms with Crippen molar-refractivity contribution in [2.24, 2.45) is 11.8 Å². The van der Waals surface area contributed by atoms with Crippen molar-refractivity contribution < 1.29 is 4.74 Å². The second-order valence-corrected chi connectivity index (χ2v) is 4.81. The van der Waals surface area contributed by atoms with Crippen LogP contribution in [0.3, 0.4) is 0 Å². The van der Waals surface area contributed by atoms with Crippen LogP contribution in [0.25, 0.3) is 0 Å². The van der Waals surface area contributed by atoms with Gasteiger partial charge in [-0.1, -0.05) is 0 Å². The van der Waals surface area contributed by atoms with E-state index < -0.39 is 0 Å². The highest BCUT2D eigenvalue weighted by Crippen LogP contribution is 2.41. The summed E-state index contributed by atoms with van der Waals surface area (Å²) in [6, 6.07) is 8.44. The molecule has 2 saturated heterocycles. The minimum Gasteiger partial charge on any atom is -0.497 e. The summed E-state index contributed by atoms with van der Waals surface area (Å²) in [5, 5.41) is 0. The Morgan fingerprint density at radius 3 is 2.20 bits per heavy atom. The molecule has 0 atom stereocenters. The zero-order valence-electron chi connectivity index (χ0n) is 9.15. The van der Waals surface area contributed by atoms with Gasteiger partial charge in [-0.3, -0.25) is 0 Å². The average molecular weight is 203 g/mol. The second-order valence-electron chi connectivity index (χ2n) is 4.81. The van der Waals surface area contributed by atoms with Gasteiger partial charge in [0.1, 0.15) is 5.75 Å². The van der Waals surface area contributed by atoms with Crippen LogP contribution >= 0.6 is 0 Å². The molecule has 1 saturated carbocycles. The minimum absolute atomic E-state index is 0.945. The summed E-state index contributed by atoms with van der Waals surface area (Å²) in [4.78, 5) is 2.52. The predicted molar refractivity (Wildman–Crippen MR) is 61.4 cm³/mol. The smallest absolute Gasteiger partial charge is 0.119 e. The van der Waals surface area contributed by atoms with Gasteiger partial charge in [0.05, 0.1) is 7.11 Å². The van der Waals surface area contributed by atoms with Crippen molar-refractivity contribution in [3.05, 3.63) is 24.3 Å². The lowest BCUT2D eigenvalue weighted by Crippen LogP contribution is -2.48. The van der Waals surface area contributed by atoms with Gasteiger partial charge >= 0.3 is 0 Å². The number of benzene rings is 1. The summed E-state index contributed by atoms with van der Waals surface area (Å²) in [7, 11) is 1.71. The predicted octanol–water partition coefficient (Wildman–Crippen LogP) is 2.54. The first-order valence-electron chi connectivity index (χ1n) is 5.74. The van der Waals surface area contributed by atoms with Crippen LogP contribution in [-0.4, -0.2) is 20.2 Å². The normalized spacial score (nSPS) is 28.5. The molecule has 2 bridgehead atoms. The Balaban J connectivity index is 1.75. The summed E-state index contributed by atoms with van der Waals surface area (Å²) < 4.78 is 5.17. The van der Waals surface area contributed by atoms with E-state index in [9.17, 15) is 0 Å². The third kappa shape index (κ3) is 1.58. The Labute approximate surface area is 90.8 Å². The number of ether oxygens (including phenoxy) is 1. The molecule has 1 aliphatic carbocycles. The maximum Gasteiger partial charge on any atom is 0.119 e. The molecule has 0 amide bonds. The number of piperidine rings is 2. The maximum absolute atomic E-state index is 5.17. The van der Waals surface area contributed by atoms with Gasteiger partial charge in [0.15, 0.2) is 0 Å². The monoisotopic (exact) mass is 203 g/mol. The van der Waals surface area contributed by atoms with Gasteiger partial charge in [0, 0.05) is 18.8 Å². The first-order chi connectivity index (χ1) is 7.35. The molecule has 2 heteroatoms. The van der Waals surface area contributed by atoms with Crippen molar-refractivity contribution in [2.45, 2.75) is 12.8 Å². The molecule has 0 unspecified atom stereocenters. The first kappa shape index (κ1) is 9.08. The fourth-order valence-electron chi connectivity index (χ4n) is 2.87. The molecular formula is C13H17NO. The highest BCUT2D eigenvalue weighted by Gasteiger charge is 2.36. The van der Waals surface area contributed by atoms with E-state index in [1.165, 1.54) is 31.6 Å². The molecule has 1 aromatic rings. The summed E-state index contributed by atoms with van der Waals surface area (Å²) in [5.74, 6) is 2.87. The molecule has 80 valence electrons. The summed E-state index contributed by atoms with van der Waals surface area (Å²) >= 11 is 0. The third-order valence-corrected chi connectivity index (χ3v) is 3.73. The first-order valence-corrected chi connectivity index (χ1v) is 5.74. The van der Waals surface area contributed by atoms with E-state index in [2.05, 4.69) is 29.2 Å². The van der Waals surface area contributed by atoms with Gasteiger partial charge in [0.25, 0.3) is 0 Å². The van der Waals surface area contributed by atoms with Crippen molar-refractivity contribution in [3.8, 4) is 5.75 Å². The molecule has 2 aliphatic heterocycles. The zero-order valence-corrected chi connectivity index (χ0v) is 9.15. The van der Waals surface area contributed by atoms with E-state index in [0.29, 0.717) is 0 Å². The van der Waals surface area contributed by atoms with E-state index in [1.54, 1.807) is 7.11 Å². The largest absolute Gasteiger partial charge is 0.497 e. The molecule has 0 aromatic heterocycles. The zero-order chi connectivity index (χ0) is 10.3. The number of methoxy groups -OCH3 is 1. The second kappa shape index (κ2) is 3.44. The molecular weight excluding hydrogens is 186 g/mol. The molecule has 3 fully saturated rings. The van der Waals surface area contributed by atoms with Gasteiger partial charge in [0.2, 0.25) is 0 Å². The summed E-state index contributed by atoms with van der Waals surface area (Å²) in [6.45, 7) is 2.51. The molecule has 2 heterocycles. The summed E-state index contributed by atoms with van der Waals surface area (Å²) in [6.07, 6.45) is 2.93. The van der Waals surface area contributed by atoms with E-state index in [1.807, 2.05) is 0 Å². The molecule has 0 N–H and O–H groups in total. The standard InChI is InChI=1S/C13H17NO/c1-15-13-4-2-12(3-5-13)14-8-10-6-11(7-10)9-14/h2-5,10-11H,6-9H2,1H3. The van der Waals surface area contributed by atoms with Crippen molar-refractivity contribution in [1.29, 1.82) is 0 Å². The van der Waals surface area contributed by atoms with Gasteiger partial charge in [-0.25, -0.2) is 0 Å². The molecule has 15 heavy (non-hydrogen) atoms. The highest BCUT2D eigenvalue weighted by molar-refractivity contribution is 5.50. The van der Waals surface area contributed by atoms with Crippen LogP contribution in [0.5, 0.6) is 5.75 Å². The number of hydrogen-bond acceptors (Lipinski definition) is 2. The number of anilines is 1. The lowest BCUT2D eigenvalue weighted by Gasteiger charge is -2.48. The quantitative estimate of drug-likeness (QED) is 0.732. The van der Waals surface area contributed by atoms with Gasteiger partial charge in [-0.15, -0.1) is 0 Å². The Bertz CT molecular complexity index is 330. The lowest BCUT2D eigenvalue weighted by molar-refractivity contribution is 0.159. The fourth-order valence-corrected chi connectivity index (χ4v) is 2.87. The summed E-state index contributed by atoms with van der Waals surface area (Å²) in [5.41, 5.74) is 1.35. The molecule has 3 aliphatic rings. The molecule has 0 radical (unpaired) electrons. The van der Waals surface area contributed by atoms with E-state index >= 15 is 0 Å². The molecule has 1 aromatic carbocycles. The average Bonchev–Trinajstić information content (AvgIpc) is 2.28. The van der Waals surface area contributed by atoms with Gasteiger partial charge in [-0.2, -0.15) is 0 Å². The fraction of sp³-hybridized carbons (Fsp3) is 0.538. The van der Waals surface area contributed by atoms with Gasteiger partial charge < -0.3 is 9.64 Å². The Hall–Kier alpha value is -1.18. The Morgan fingerprint density at radius 2 is 1.67 bits per heavy atom.